The number of allylic oxidation sites excluding steroid dienone is 2. The first kappa shape index (κ1) is 31.2. The molecule has 0 radical (unpaired) electrons. The van der Waals surface area contributed by atoms with E-state index in [0.717, 1.165) is 0 Å². The van der Waals surface area contributed by atoms with Crippen molar-refractivity contribution < 1.29 is 0 Å². The van der Waals surface area contributed by atoms with E-state index in [1.807, 2.05) is 13.0 Å². The quantitative estimate of drug-likeness (QED) is 0.473. The largest absolute Gasteiger partial charge is 0.147 e. The normalized spacial score (nSPS) is 4.10. The van der Waals surface area contributed by atoms with Crippen LogP contribution >= 0.6 is 37.2 Å². The van der Waals surface area contributed by atoms with Crippen molar-refractivity contribution in [2.75, 3.05) is 0 Å². The van der Waals surface area contributed by atoms with Crippen molar-refractivity contribution >= 4 is 47.5 Å². The van der Waals surface area contributed by atoms with Gasteiger partial charge >= 0.3 is 0 Å². The van der Waals surface area contributed by atoms with Crippen LogP contribution in [0, 0.1) is 0 Å². The molecule has 0 rings (SSSR count). The molecule has 66 valence electrons. The van der Waals surface area contributed by atoms with Gasteiger partial charge in [-0.15, -0.1) is 50.4 Å². The Kier molecular flexibility index (Phi) is 172. The highest BCUT2D eigenvalue weighted by molar-refractivity contribution is 6.09. The lowest BCUT2D eigenvalue weighted by molar-refractivity contribution is 1.76. The van der Waals surface area contributed by atoms with Crippen molar-refractivity contribution in [1.29, 1.82) is 0 Å². The van der Waals surface area contributed by atoms with Crippen LogP contribution in [0.25, 0.3) is 0 Å². The summed E-state index contributed by atoms with van der Waals surface area (Å²) in [6.07, 6.45) is 3.69. The third-order valence-corrected chi connectivity index (χ3v) is 0.866. The minimum absolute atomic E-state index is 0. The second kappa shape index (κ2) is 55.2. The first-order valence-corrected chi connectivity index (χ1v) is 3.92. The Morgan fingerprint density at radius 2 is 1.30 bits per heavy atom. The lowest BCUT2D eigenvalue weighted by Crippen LogP contribution is -1.47. The van der Waals surface area contributed by atoms with Gasteiger partial charge in [0, 0.05) is 10.2 Å². The first-order chi connectivity index (χ1) is 3.33. The second-order valence-electron chi connectivity index (χ2n) is 1.11. The molecule has 0 aliphatic carbocycles. The maximum absolute atomic E-state index is 3.51. The van der Waals surface area contributed by atoms with Crippen LogP contribution in [-0.4, -0.2) is 10.2 Å². The molecule has 0 aliphatic rings. The van der Waals surface area contributed by atoms with E-state index in [1.165, 1.54) is 16.3 Å². The summed E-state index contributed by atoms with van der Waals surface area (Å²) in [5, 5.41) is 0. The molecule has 0 bridgehead atoms. The summed E-state index contributed by atoms with van der Waals surface area (Å²) >= 11 is 0. The third kappa shape index (κ3) is 200. The highest BCUT2D eigenvalue weighted by Gasteiger charge is 1.46. The van der Waals surface area contributed by atoms with E-state index in [0.29, 0.717) is 0 Å². The predicted molar refractivity (Wildman–Crippen MR) is 62.6 cm³/mol. The van der Waals surface area contributed by atoms with Crippen molar-refractivity contribution in [3.8, 4) is 0 Å². The van der Waals surface area contributed by atoms with Crippen LogP contribution in [-0.2, 0) is 0 Å². The SMILES string of the molecule is C=CC.C=CC[SiH3].Cl.Cl.Cl. The maximum Gasteiger partial charge on any atom is 0.00753 e. The Bertz CT molecular complexity index is 48.3. The molecule has 0 spiro atoms. The molecule has 0 saturated heterocycles. The van der Waals surface area contributed by atoms with Gasteiger partial charge in [-0.3, -0.25) is 0 Å². The topological polar surface area (TPSA) is 0 Å². The average Bonchev–Trinajstić information content (AvgIpc) is 1.69. The van der Waals surface area contributed by atoms with Crippen LogP contribution in [0.5, 0.6) is 0 Å². The van der Waals surface area contributed by atoms with Gasteiger partial charge in [0.1, 0.15) is 0 Å². The summed E-state index contributed by atoms with van der Waals surface area (Å²) in [5.74, 6) is 0. The summed E-state index contributed by atoms with van der Waals surface area (Å²) in [5.41, 5.74) is 0. The fraction of sp³-hybridized carbons (Fsp3) is 0.333. The van der Waals surface area contributed by atoms with Crippen molar-refractivity contribution in [3.63, 3.8) is 0 Å². The van der Waals surface area contributed by atoms with Gasteiger partial charge in [0.15, 0.2) is 0 Å². The molecule has 0 heterocycles. The smallest absolute Gasteiger partial charge is 0.00753 e. The highest BCUT2D eigenvalue weighted by Crippen LogP contribution is 1.61. The number of rotatable bonds is 1. The van der Waals surface area contributed by atoms with Crippen LogP contribution in [0.4, 0.5) is 0 Å². The van der Waals surface area contributed by atoms with E-state index in [2.05, 4.69) is 13.2 Å². The number of hydrogen-bond acceptors (Lipinski definition) is 0. The molecule has 0 aromatic carbocycles. The zero-order valence-electron chi connectivity index (χ0n) is 6.50. The summed E-state index contributed by atoms with van der Waals surface area (Å²) < 4.78 is 0. The summed E-state index contributed by atoms with van der Waals surface area (Å²) in [4.78, 5) is 0. The van der Waals surface area contributed by atoms with Gasteiger partial charge in [-0.25, -0.2) is 0 Å². The number of hydrogen-bond donors (Lipinski definition) is 0. The van der Waals surface area contributed by atoms with Crippen molar-refractivity contribution in [2.45, 2.75) is 13.0 Å². The minimum Gasteiger partial charge on any atom is -0.147 e. The summed E-state index contributed by atoms with van der Waals surface area (Å²) in [6, 6.07) is 1.22. The first-order valence-electron chi connectivity index (χ1n) is 2.51. The molecule has 10 heavy (non-hydrogen) atoms. The van der Waals surface area contributed by atoms with Crippen molar-refractivity contribution in [3.05, 3.63) is 25.3 Å². The lowest BCUT2D eigenvalue weighted by atomic mass is 10.8. The van der Waals surface area contributed by atoms with E-state index >= 15 is 0 Å². The molecule has 0 fully saturated rings. The zero-order chi connectivity index (χ0) is 6.12. The molecule has 0 aromatic rings. The molecule has 0 amide bonds. The maximum atomic E-state index is 3.51. The minimum atomic E-state index is 0. The van der Waals surface area contributed by atoms with Gasteiger partial charge in [-0.1, -0.05) is 12.2 Å². The van der Waals surface area contributed by atoms with Crippen molar-refractivity contribution in [1.82, 2.24) is 0 Å². The molecular weight excluding hydrogens is 207 g/mol. The molecule has 0 nitrogen and oxygen atoms in total. The standard InChI is InChI=1S/C3H8Si.C3H6.3ClH/c1-2-3-4;1-3-2;;;/h2H,1,3H2,4H3;3H,1H2,2H3;3*1H. The van der Waals surface area contributed by atoms with Crippen LogP contribution < -0.4 is 0 Å². The van der Waals surface area contributed by atoms with Gasteiger partial charge in [-0.2, -0.15) is 0 Å². The molecule has 4 heteroatoms. The molecule has 0 saturated carbocycles. The Balaban J connectivity index is -0.0000000131. The molecule has 0 aliphatic heterocycles. The van der Waals surface area contributed by atoms with Crippen LogP contribution in [0.2, 0.25) is 6.04 Å². The fourth-order valence-corrected chi connectivity index (χ4v) is 0. The second-order valence-corrected chi connectivity index (χ2v) is 1.92. The lowest BCUT2D eigenvalue weighted by Gasteiger charge is -1.57. The van der Waals surface area contributed by atoms with Gasteiger partial charge in [0.2, 0.25) is 0 Å². The molecule has 0 atom stereocenters. The van der Waals surface area contributed by atoms with E-state index in [1.54, 1.807) is 6.08 Å². The van der Waals surface area contributed by atoms with E-state index in [-0.39, 0.29) is 37.2 Å². The summed E-state index contributed by atoms with van der Waals surface area (Å²) in [6.45, 7) is 8.76. The molecule has 0 N–H and O–H groups in total. The summed E-state index contributed by atoms with van der Waals surface area (Å²) in [7, 11) is 1.27. The van der Waals surface area contributed by atoms with E-state index in [9.17, 15) is 0 Å². The molecular formula is C6H17Cl3Si. The number of halogens is 3. The van der Waals surface area contributed by atoms with Gasteiger partial charge < -0.3 is 0 Å². The Hall–Kier alpha value is 0.567. The average molecular weight is 224 g/mol. The van der Waals surface area contributed by atoms with Crippen molar-refractivity contribution in [2.24, 2.45) is 0 Å². The van der Waals surface area contributed by atoms with Crippen LogP contribution in [0.15, 0.2) is 25.3 Å². The highest BCUT2D eigenvalue weighted by atomic mass is 35.5. The zero-order valence-corrected chi connectivity index (χ0v) is 11.0. The fourth-order valence-electron chi connectivity index (χ4n) is 0. The molecule has 0 aromatic heterocycles. The van der Waals surface area contributed by atoms with E-state index < -0.39 is 0 Å². The van der Waals surface area contributed by atoms with Gasteiger partial charge in [-0.05, 0) is 13.0 Å². The van der Waals surface area contributed by atoms with Crippen LogP contribution in [0.1, 0.15) is 6.92 Å². The van der Waals surface area contributed by atoms with Gasteiger partial charge in [0.05, 0.1) is 0 Å². The Morgan fingerprint density at radius 1 is 1.20 bits per heavy atom. The molecule has 0 unspecified atom stereocenters. The Labute approximate surface area is 85.8 Å². The Morgan fingerprint density at radius 3 is 1.30 bits per heavy atom. The van der Waals surface area contributed by atoms with Gasteiger partial charge in [0.25, 0.3) is 0 Å². The van der Waals surface area contributed by atoms with Crippen LogP contribution in [0.3, 0.4) is 0 Å². The monoisotopic (exact) mass is 222 g/mol. The predicted octanol–water partition coefficient (Wildman–Crippen LogP) is 2.41. The van der Waals surface area contributed by atoms with E-state index in [4.69, 9.17) is 0 Å². The third-order valence-electron chi connectivity index (χ3n) is 0.289.